The van der Waals surface area contributed by atoms with Gasteiger partial charge in [0.25, 0.3) is 0 Å². The predicted octanol–water partition coefficient (Wildman–Crippen LogP) is 14.4. The van der Waals surface area contributed by atoms with Crippen molar-refractivity contribution in [3.05, 3.63) is 206 Å². The van der Waals surface area contributed by atoms with Gasteiger partial charge >= 0.3 is 0 Å². The van der Waals surface area contributed by atoms with E-state index in [1.54, 1.807) is 0 Å². The average Bonchev–Trinajstić information content (AvgIpc) is 3.91. The molecule has 12 rings (SSSR count). The number of furan rings is 1. The molecule has 60 heavy (non-hydrogen) atoms. The number of fused-ring (bicyclic) bond motifs is 7. The van der Waals surface area contributed by atoms with Gasteiger partial charge in [0.2, 0.25) is 0 Å². The third kappa shape index (κ3) is 5.52. The molecule has 0 amide bonds. The Bertz CT molecular complexity index is 3810. The largest absolute Gasteiger partial charge is 0.455 e. The van der Waals surface area contributed by atoms with Crippen molar-refractivity contribution >= 4 is 54.5 Å². The van der Waals surface area contributed by atoms with E-state index in [2.05, 4.69) is 77.4 Å². The van der Waals surface area contributed by atoms with Gasteiger partial charge in [0.1, 0.15) is 11.2 Å². The van der Waals surface area contributed by atoms with E-state index >= 15 is 0 Å². The fraction of sp³-hybridized carbons (Fsp3) is 0. The van der Waals surface area contributed by atoms with Gasteiger partial charge in [-0.15, -0.1) is 0 Å². The fourth-order valence-electron chi connectivity index (χ4n) is 8.64. The van der Waals surface area contributed by atoms with Crippen molar-refractivity contribution in [2.75, 3.05) is 0 Å². The first kappa shape index (κ1) is 29.1. The molecule has 0 fully saturated rings. The molecule has 0 aliphatic carbocycles. The predicted molar refractivity (Wildman–Crippen MR) is 246 cm³/mol. The molecule has 3 aromatic heterocycles. The van der Waals surface area contributed by atoms with Crippen LogP contribution in [0.3, 0.4) is 0 Å². The van der Waals surface area contributed by atoms with Crippen LogP contribution in [0.2, 0.25) is 0 Å². The normalized spacial score (nSPS) is 12.8. The molecule has 0 atom stereocenters. The Kier molecular flexibility index (Phi) is 6.68. The van der Waals surface area contributed by atoms with Crippen LogP contribution in [-0.2, 0) is 0 Å². The Labute approximate surface area is 352 Å². The van der Waals surface area contributed by atoms with E-state index in [1.165, 1.54) is 0 Å². The third-order valence-electron chi connectivity index (χ3n) is 11.3. The maximum Gasteiger partial charge on any atom is 0.167 e. The molecular formula is C55H34N4O. The van der Waals surface area contributed by atoms with Gasteiger partial charge in [0, 0.05) is 38.4 Å². The minimum absolute atomic E-state index is 0.0587. The van der Waals surface area contributed by atoms with Crippen molar-refractivity contribution in [3.8, 4) is 62.1 Å². The Morgan fingerprint density at radius 1 is 0.417 bits per heavy atom. The maximum atomic E-state index is 9.01. The van der Waals surface area contributed by atoms with Crippen LogP contribution >= 0.6 is 0 Å². The SMILES string of the molecule is [2H]c1c([2H])c([2H])c(-c2nc(-c3ccc(-c4cccc5ccccc45)cc3)nc(-c3cc(-n4c5ccccc5c5ccccc54)cc4c3oc3cccc(-c5ccccc5)c34)n2)c([2H])c1[2H]. The summed E-state index contributed by atoms with van der Waals surface area (Å²) in [5, 5.41) is 6.22. The van der Waals surface area contributed by atoms with Gasteiger partial charge in [-0.2, -0.15) is 0 Å². The van der Waals surface area contributed by atoms with Gasteiger partial charge in [-0.25, -0.2) is 15.0 Å². The molecule has 3 heterocycles. The Hall–Kier alpha value is -8.15. The first-order chi connectivity index (χ1) is 31.8. The monoisotopic (exact) mass is 771 g/mol. The summed E-state index contributed by atoms with van der Waals surface area (Å²) in [6.07, 6.45) is 0. The zero-order valence-electron chi connectivity index (χ0n) is 36.9. The van der Waals surface area contributed by atoms with Crippen LogP contribution in [0.1, 0.15) is 6.85 Å². The highest BCUT2D eigenvalue weighted by molar-refractivity contribution is 6.17. The lowest BCUT2D eigenvalue weighted by Gasteiger charge is -2.13. The van der Waals surface area contributed by atoms with E-state index in [0.29, 0.717) is 22.3 Å². The van der Waals surface area contributed by atoms with Crippen LogP contribution < -0.4 is 0 Å². The summed E-state index contributed by atoms with van der Waals surface area (Å²) in [6.45, 7) is 0. The van der Waals surface area contributed by atoms with Gasteiger partial charge in [0.05, 0.1) is 23.5 Å². The molecular weight excluding hydrogens is 733 g/mol. The summed E-state index contributed by atoms with van der Waals surface area (Å²) in [5.74, 6) is 0.414. The van der Waals surface area contributed by atoms with Gasteiger partial charge < -0.3 is 8.98 Å². The molecule has 0 aliphatic rings. The molecule has 0 aliphatic heterocycles. The zero-order chi connectivity index (χ0) is 43.9. The van der Waals surface area contributed by atoms with Crippen molar-refractivity contribution in [2.45, 2.75) is 0 Å². The molecule has 0 spiro atoms. The summed E-state index contributed by atoms with van der Waals surface area (Å²) in [5.41, 5.74) is 9.23. The van der Waals surface area contributed by atoms with Crippen LogP contribution in [0.15, 0.2) is 211 Å². The summed E-state index contributed by atoms with van der Waals surface area (Å²) in [4.78, 5) is 15.1. The first-order valence-corrected chi connectivity index (χ1v) is 19.8. The zero-order valence-corrected chi connectivity index (χ0v) is 31.9. The molecule has 9 aromatic carbocycles. The lowest BCUT2D eigenvalue weighted by molar-refractivity contribution is 0.669. The van der Waals surface area contributed by atoms with E-state index in [9.17, 15) is 0 Å². The van der Waals surface area contributed by atoms with Crippen LogP contribution in [0, 0.1) is 0 Å². The second-order valence-electron chi connectivity index (χ2n) is 14.8. The molecule has 0 radical (unpaired) electrons. The van der Waals surface area contributed by atoms with Crippen molar-refractivity contribution in [1.29, 1.82) is 0 Å². The van der Waals surface area contributed by atoms with Crippen molar-refractivity contribution in [3.63, 3.8) is 0 Å². The Morgan fingerprint density at radius 2 is 1.00 bits per heavy atom. The standard InChI is InChI=1S/C55H34N4O/c1-3-15-36(16-4-1)43-25-14-28-50-51(43)46-33-40(59-48-26-11-9-22-44(48)45-23-10-12-27-49(45)59)34-47(52(46)60-50)55-57-53(38-18-5-2-6-19-38)56-54(58-55)39-31-29-37(30-32-39)42-24-13-20-35-17-7-8-21-41(35)42/h1-34H/i2D,5D,6D,18D,19D. The number of para-hydroxylation sites is 2. The maximum absolute atomic E-state index is 9.01. The number of rotatable bonds is 6. The molecule has 0 unspecified atom stereocenters. The minimum atomic E-state index is -0.501. The molecule has 0 saturated heterocycles. The number of hydrogen-bond donors (Lipinski definition) is 0. The van der Waals surface area contributed by atoms with Gasteiger partial charge in [-0.3, -0.25) is 0 Å². The molecule has 12 aromatic rings. The van der Waals surface area contributed by atoms with Crippen LogP contribution in [-0.4, -0.2) is 19.5 Å². The average molecular weight is 772 g/mol. The number of benzene rings is 9. The van der Waals surface area contributed by atoms with Crippen LogP contribution in [0.4, 0.5) is 0 Å². The Morgan fingerprint density at radius 3 is 1.77 bits per heavy atom. The Balaban J connectivity index is 1.16. The van der Waals surface area contributed by atoms with E-state index in [0.717, 1.165) is 71.3 Å². The number of aromatic nitrogens is 4. The molecule has 280 valence electrons. The highest BCUT2D eigenvalue weighted by Gasteiger charge is 2.23. The lowest BCUT2D eigenvalue weighted by atomic mass is 9.97. The van der Waals surface area contributed by atoms with E-state index in [1.807, 2.05) is 103 Å². The molecule has 5 nitrogen and oxygen atoms in total. The third-order valence-corrected chi connectivity index (χ3v) is 11.3. The molecule has 0 saturated carbocycles. The van der Waals surface area contributed by atoms with Crippen molar-refractivity contribution in [1.82, 2.24) is 19.5 Å². The smallest absolute Gasteiger partial charge is 0.167 e. The van der Waals surface area contributed by atoms with Gasteiger partial charge in [-0.05, 0) is 63.4 Å². The quantitative estimate of drug-likeness (QED) is 0.169. The minimum Gasteiger partial charge on any atom is -0.455 e. The first-order valence-electron chi connectivity index (χ1n) is 22.3. The fourth-order valence-corrected chi connectivity index (χ4v) is 8.64. The van der Waals surface area contributed by atoms with Gasteiger partial charge in [-0.1, -0.05) is 176 Å². The lowest BCUT2D eigenvalue weighted by Crippen LogP contribution is -2.01. The summed E-state index contributed by atoms with van der Waals surface area (Å²) in [7, 11) is 0. The van der Waals surface area contributed by atoms with E-state index in [4.69, 9.17) is 26.2 Å². The summed E-state index contributed by atoms with van der Waals surface area (Å²) < 4.78 is 52.7. The second kappa shape index (κ2) is 13.8. The van der Waals surface area contributed by atoms with E-state index < -0.39 is 30.2 Å². The molecule has 0 N–H and O–H groups in total. The van der Waals surface area contributed by atoms with Gasteiger partial charge in [0.15, 0.2) is 17.5 Å². The van der Waals surface area contributed by atoms with Crippen molar-refractivity contribution < 1.29 is 11.3 Å². The highest BCUT2D eigenvalue weighted by atomic mass is 16.3. The number of hydrogen-bond acceptors (Lipinski definition) is 4. The second-order valence-corrected chi connectivity index (χ2v) is 14.8. The molecule has 5 heteroatoms. The number of nitrogens with zero attached hydrogens (tertiary/aromatic N) is 4. The summed E-state index contributed by atoms with van der Waals surface area (Å²) in [6, 6.07) is 57.2. The van der Waals surface area contributed by atoms with Crippen LogP contribution in [0.5, 0.6) is 0 Å². The highest BCUT2D eigenvalue weighted by Crippen LogP contribution is 2.43. The van der Waals surface area contributed by atoms with E-state index in [-0.39, 0.29) is 23.0 Å². The molecule has 0 bridgehead atoms. The van der Waals surface area contributed by atoms with Crippen LogP contribution in [0.25, 0.3) is 117 Å². The topological polar surface area (TPSA) is 56.7 Å². The van der Waals surface area contributed by atoms with Crippen molar-refractivity contribution in [2.24, 2.45) is 0 Å². The summed E-state index contributed by atoms with van der Waals surface area (Å²) >= 11 is 0.